The summed E-state index contributed by atoms with van der Waals surface area (Å²) >= 11 is 0. The van der Waals surface area contributed by atoms with Crippen molar-refractivity contribution in [2.24, 2.45) is 5.73 Å². The van der Waals surface area contributed by atoms with Crippen LogP contribution in [0.1, 0.15) is 21.6 Å². The van der Waals surface area contributed by atoms with Crippen LogP contribution in [-0.4, -0.2) is 10.5 Å². The van der Waals surface area contributed by atoms with Crippen LogP contribution in [0.25, 0.3) is 5.69 Å². The minimum atomic E-state index is -0.707. The predicted octanol–water partition coefficient (Wildman–Crippen LogP) is 1.55. The number of hydrogen-bond acceptors (Lipinski definition) is 2. The van der Waals surface area contributed by atoms with Gasteiger partial charge in [0.1, 0.15) is 5.56 Å². The summed E-state index contributed by atoms with van der Waals surface area (Å²) in [7, 11) is 0. The minimum Gasteiger partial charge on any atom is -0.365 e. The van der Waals surface area contributed by atoms with E-state index in [1.54, 1.807) is 4.57 Å². The molecule has 0 spiro atoms. The molecule has 2 N–H and O–H groups in total. The molecule has 0 bridgehead atoms. The minimum absolute atomic E-state index is 0.00195. The smallest absolute Gasteiger partial charge is 0.254 e. The van der Waals surface area contributed by atoms with E-state index in [1.807, 2.05) is 38.1 Å². The van der Waals surface area contributed by atoms with E-state index in [1.165, 1.54) is 12.3 Å². The Morgan fingerprint density at radius 3 is 2.56 bits per heavy atom. The van der Waals surface area contributed by atoms with Crippen LogP contribution in [-0.2, 0) is 0 Å². The molecular formula is C14H14N2O2. The van der Waals surface area contributed by atoms with Gasteiger partial charge in [0.25, 0.3) is 5.91 Å². The lowest BCUT2D eigenvalue weighted by atomic mass is 10.2. The van der Waals surface area contributed by atoms with Crippen LogP contribution >= 0.6 is 0 Å². The van der Waals surface area contributed by atoms with Crippen molar-refractivity contribution in [3.8, 4) is 5.69 Å². The Hall–Kier alpha value is -2.36. The lowest BCUT2D eigenvalue weighted by Gasteiger charge is -2.12. The van der Waals surface area contributed by atoms with E-state index in [-0.39, 0.29) is 11.0 Å². The quantitative estimate of drug-likeness (QED) is 0.868. The van der Waals surface area contributed by atoms with E-state index >= 15 is 0 Å². The average molecular weight is 242 g/mol. The van der Waals surface area contributed by atoms with E-state index in [0.717, 1.165) is 16.9 Å². The van der Waals surface area contributed by atoms with E-state index in [2.05, 4.69) is 0 Å². The molecule has 4 nitrogen and oxygen atoms in total. The molecule has 4 heteroatoms. The Labute approximate surface area is 105 Å². The van der Waals surface area contributed by atoms with Crippen molar-refractivity contribution in [2.75, 3.05) is 0 Å². The van der Waals surface area contributed by atoms with Gasteiger partial charge in [0.15, 0.2) is 5.43 Å². The lowest BCUT2D eigenvalue weighted by Crippen LogP contribution is -2.23. The molecule has 18 heavy (non-hydrogen) atoms. The molecule has 0 atom stereocenters. The molecule has 0 saturated carbocycles. The Morgan fingerprint density at radius 1 is 1.22 bits per heavy atom. The van der Waals surface area contributed by atoms with Crippen LogP contribution < -0.4 is 11.2 Å². The number of rotatable bonds is 2. The van der Waals surface area contributed by atoms with Crippen LogP contribution in [0.5, 0.6) is 0 Å². The monoisotopic (exact) mass is 242 g/mol. The van der Waals surface area contributed by atoms with Crippen molar-refractivity contribution in [3.05, 3.63) is 63.6 Å². The largest absolute Gasteiger partial charge is 0.365 e. The summed E-state index contributed by atoms with van der Waals surface area (Å²) in [5.74, 6) is -0.707. The highest BCUT2D eigenvalue weighted by atomic mass is 16.2. The van der Waals surface area contributed by atoms with Gasteiger partial charge in [-0.05, 0) is 31.5 Å². The summed E-state index contributed by atoms with van der Waals surface area (Å²) in [6, 6.07) is 9.21. The standard InChI is InChI=1S/C14H14N2O2/c1-9-4-3-5-11(6-9)16-8-12(14(15)18)13(17)7-10(16)2/h3-8H,1-2H3,(H2,15,18). The van der Waals surface area contributed by atoms with E-state index < -0.39 is 5.91 Å². The van der Waals surface area contributed by atoms with Gasteiger partial charge < -0.3 is 10.3 Å². The van der Waals surface area contributed by atoms with E-state index in [0.29, 0.717) is 0 Å². The molecule has 2 aromatic rings. The van der Waals surface area contributed by atoms with Crippen molar-refractivity contribution < 1.29 is 4.79 Å². The second kappa shape index (κ2) is 4.49. The van der Waals surface area contributed by atoms with Crippen LogP contribution in [0.15, 0.2) is 41.3 Å². The maximum atomic E-state index is 11.6. The van der Waals surface area contributed by atoms with Gasteiger partial charge >= 0.3 is 0 Å². The molecule has 0 radical (unpaired) electrons. The van der Waals surface area contributed by atoms with E-state index in [4.69, 9.17) is 5.73 Å². The highest BCUT2D eigenvalue weighted by molar-refractivity contribution is 5.92. The van der Waals surface area contributed by atoms with Crippen molar-refractivity contribution in [1.29, 1.82) is 0 Å². The molecule has 1 aromatic carbocycles. The number of aryl methyl sites for hydroxylation is 2. The fourth-order valence-electron chi connectivity index (χ4n) is 1.87. The van der Waals surface area contributed by atoms with Crippen LogP contribution in [0.2, 0.25) is 0 Å². The van der Waals surface area contributed by atoms with Crippen LogP contribution in [0.4, 0.5) is 0 Å². The number of aromatic nitrogens is 1. The topological polar surface area (TPSA) is 65.1 Å². The molecule has 0 aliphatic rings. The number of nitrogens with zero attached hydrogens (tertiary/aromatic N) is 1. The number of carbonyl (C=O) groups is 1. The third-order valence-corrected chi connectivity index (χ3v) is 2.79. The summed E-state index contributed by atoms with van der Waals surface area (Å²) < 4.78 is 1.79. The molecule has 1 aromatic heterocycles. The summed E-state index contributed by atoms with van der Waals surface area (Å²) in [6.45, 7) is 3.80. The van der Waals surface area contributed by atoms with Crippen molar-refractivity contribution in [2.45, 2.75) is 13.8 Å². The number of carbonyl (C=O) groups excluding carboxylic acids is 1. The maximum absolute atomic E-state index is 11.6. The molecule has 0 fully saturated rings. The number of benzene rings is 1. The Kier molecular flexibility index (Phi) is 3.02. The number of pyridine rings is 1. The van der Waals surface area contributed by atoms with Crippen LogP contribution in [0, 0.1) is 13.8 Å². The first kappa shape index (κ1) is 12.1. The lowest BCUT2D eigenvalue weighted by molar-refractivity contribution is 0.0998. The second-order valence-corrected chi connectivity index (χ2v) is 4.27. The zero-order valence-corrected chi connectivity index (χ0v) is 10.3. The maximum Gasteiger partial charge on any atom is 0.254 e. The summed E-state index contributed by atoms with van der Waals surface area (Å²) in [5, 5.41) is 0. The Bertz CT molecular complexity index is 672. The van der Waals surface area contributed by atoms with Crippen molar-refractivity contribution >= 4 is 5.91 Å². The first-order chi connectivity index (χ1) is 8.49. The Balaban J connectivity index is 2.68. The predicted molar refractivity (Wildman–Crippen MR) is 70.0 cm³/mol. The molecule has 1 heterocycles. The fraction of sp³-hybridized carbons (Fsp3) is 0.143. The van der Waals surface area contributed by atoms with Gasteiger partial charge in [-0.25, -0.2) is 0 Å². The third-order valence-electron chi connectivity index (χ3n) is 2.79. The number of primary amides is 1. The number of hydrogen-bond donors (Lipinski definition) is 1. The van der Waals surface area contributed by atoms with Crippen LogP contribution in [0.3, 0.4) is 0 Å². The van der Waals surface area contributed by atoms with Gasteiger partial charge in [0, 0.05) is 23.6 Å². The highest BCUT2D eigenvalue weighted by Crippen LogP contribution is 2.12. The molecule has 0 unspecified atom stereocenters. The zero-order chi connectivity index (χ0) is 13.3. The number of nitrogens with two attached hydrogens (primary N) is 1. The first-order valence-electron chi connectivity index (χ1n) is 5.59. The molecule has 0 aliphatic carbocycles. The molecule has 0 saturated heterocycles. The summed E-state index contributed by atoms with van der Waals surface area (Å²) in [5.41, 5.74) is 7.61. The second-order valence-electron chi connectivity index (χ2n) is 4.27. The molecule has 92 valence electrons. The molecule has 1 amide bonds. The van der Waals surface area contributed by atoms with Gasteiger partial charge in [-0.1, -0.05) is 12.1 Å². The van der Waals surface area contributed by atoms with Gasteiger partial charge in [-0.2, -0.15) is 0 Å². The summed E-state index contributed by atoms with van der Waals surface area (Å²) in [4.78, 5) is 22.8. The average Bonchev–Trinajstić information content (AvgIpc) is 2.28. The van der Waals surface area contributed by atoms with Gasteiger partial charge in [-0.3, -0.25) is 9.59 Å². The number of amides is 1. The zero-order valence-electron chi connectivity index (χ0n) is 10.3. The van der Waals surface area contributed by atoms with Gasteiger partial charge in [0.05, 0.1) is 0 Å². The fourth-order valence-corrected chi connectivity index (χ4v) is 1.87. The molecule has 2 rings (SSSR count). The normalized spacial score (nSPS) is 10.3. The SMILES string of the molecule is Cc1cccc(-n2cc(C(N)=O)c(=O)cc2C)c1. The molecular weight excluding hydrogens is 228 g/mol. The highest BCUT2D eigenvalue weighted by Gasteiger charge is 2.09. The van der Waals surface area contributed by atoms with Gasteiger partial charge in [-0.15, -0.1) is 0 Å². The van der Waals surface area contributed by atoms with Crippen molar-refractivity contribution in [1.82, 2.24) is 4.57 Å². The van der Waals surface area contributed by atoms with Crippen molar-refractivity contribution in [3.63, 3.8) is 0 Å². The van der Waals surface area contributed by atoms with Gasteiger partial charge in [0.2, 0.25) is 0 Å². The molecule has 0 aliphatic heterocycles. The van der Waals surface area contributed by atoms with E-state index in [9.17, 15) is 9.59 Å². The first-order valence-corrected chi connectivity index (χ1v) is 5.59. The third kappa shape index (κ3) is 2.18. The summed E-state index contributed by atoms with van der Waals surface area (Å²) in [6.07, 6.45) is 1.49. The Morgan fingerprint density at radius 2 is 1.94 bits per heavy atom.